The molecule has 7 nitrogen and oxygen atoms in total. The lowest BCUT2D eigenvalue weighted by Gasteiger charge is -2.05. The normalized spacial score (nSPS) is 11.5. The molecule has 0 atom stereocenters. The van der Waals surface area contributed by atoms with Gasteiger partial charge in [-0.15, -0.1) is 0 Å². The van der Waals surface area contributed by atoms with E-state index in [1.165, 1.54) is 23.0 Å². The average Bonchev–Trinajstić information content (AvgIpc) is 3.38. The van der Waals surface area contributed by atoms with Crippen LogP contribution in [0.4, 0.5) is 5.13 Å². The number of thiazole rings is 1. The zero-order chi connectivity index (χ0) is 22.0. The Bertz CT molecular complexity index is 1340. The number of hydrogen-bond donors (Lipinski definition) is 1. The Hall–Kier alpha value is -3.17. The van der Waals surface area contributed by atoms with E-state index in [4.69, 9.17) is 9.15 Å². The zero-order valence-electron chi connectivity index (χ0n) is 16.9. The van der Waals surface area contributed by atoms with Crippen LogP contribution >= 0.6 is 11.3 Å². The van der Waals surface area contributed by atoms with E-state index in [1.54, 1.807) is 24.3 Å². The van der Waals surface area contributed by atoms with Crippen LogP contribution in [0.1, 0.15) is 28.8 Å². The molecule has 0 aliphatic heterocycles. The van der Waals surface area contributed by atoms with E-state index in [9.17, 15) is 13.2 Å². The zero-order valence-corrected chi connectivity index (χ0v) is 18.5. The van der Waals surface area contributed by atoms with Crippen LogP contribution in [0, 0.1) is 0 Å². The number of ether oxygens (including phenoxy) is 1. The molecule has 160 valence electrons. The first kappa shape index (κ1) is 21.1. The van der Waals surface area contributed by atoms with Gasteiger partial charge in [0.1, 0.15) is 18.1 Å². The van der Waals surface area contributed by atoms with Gasteiger partial charge in [-0.2, -0.15) is 0 Å². The van der Waals surface area contributed by atoms with Crippen molar-refractivity contribution in [2.75, 3.05) is 11.6 Å². The maximum absolute atomic E-state index is 12.5. The molecule has 2 heterocycles. The van der Waals surface area contributed by atoms with E-state index in [-0.39, 0.29) is 17.3 Å². The number of benzene rings is 2. The molecular weight excluding hydrogens is 436 g/mol. The SMILES string of the molecule is CCc1ccc(OCc2ccc(C(=O)Nc3nc4ccc(S(C)(=O)=O)cc4s3)o2)cc1. The van der Waals surface area contributed by atoms with Gasteiger partial charge in [0.25, 0.3) is 5.91 Å². The Balaban J connectivity index is 1.41. The maximum atomic E-state index is 12.5. The van der Waals surface area contributed by atoms with Crippen LogP contribution in [0.3, 0.4) is 0 Å². The van der Waals surface area contributed by atoms with Gasteiger partial charge >= 0.3 is 0 Å². The Morgan fingerprint density at radius 2 is 1.90 bits per heavy atom. The summed E-state index contributed by atoms with van der Waals surface area (Å²) < 4.78 is 35.4. The van der Waals surface area contributed by atoms with Crippen molar-refractivity contribution in [2.45, 2.75) is 24.8 Å². The standard InChI is InChI=1S/C22H20N2O5S2/c1-3-14-4-6-15(7-5-14)28-13-16-8-11-19(29-16)21(25)24-22-23-18-10-9-17(31(2,26)27)12-20(18)30-22/h4-12H,3,13H2,1-2H3,(H,23,24,25). The fourth-order valence-electron chi connectivity index (χ4n) is 2.90. The molecule has 2 aromatic carbocycles. The first-order valence-corrected chi connectivity index (χ1v) is 12.2. The molecule has 9 heteroatoms. The third-order valence-electron chi connectivity index (χ3n) is 4.61. The van der Waals surface area contributed by atoms with E-state index in [1.807, 2.05) is 24.3 Å². The lowest BCUT2D eigenvalue weighted by atomic mass is 10.2. The molecule has 0 aliphatic rings. The highest BCUT2D eigenvalue weighted by Crippen LogP contribution is 2.28. The number of amides is 1. The monoisotopic (exact) mass is 456 g/mol. The Morgan fingerprint density at radius 3 is 2.61 bits per heavy atom. The van der Waals surface area contributed by atoms with Crippen molar-refractivity contribution in [1.82, 2.24) is 4.98 Å². The number of hydrogen-bond acceptors (Lipinski definition) is 7. The molecule has 4 aromatic rings. The van der Waals surface area contributed by atoms with E-state index in [0.717, 1.165) is 18.4 Å². The molecule has 0 saturated heterocycles. The second kappa shape index (κ2) is 8.52. The molecule has 4 rings (SSSR count). The molecule has 0 radical (unpaired) electrons. The summed E-state index contributed by atoms with van der Waals surface area (Å²) in [7, 11) is -3.31. The topological polar surface area (TPSA) is 98.5 Å². The number of nitrogens with zero attached hydrogens (tertiary/aromatic N) is 1. The number of aryl methyl sites for hydroxylation is 1. The summed E-state index contributed by atoms with van der Waals surface area (Å²) in [5.74, 6) is 0.936. The minimum absolute atomic E-state index is 0.135. The predicted molar refractivity (Wildman–Crippen MR) is 120 cm³/mol. The summed E-state index contributed by atoms with van der Waals surface area (Å²) in [4.78, 5) is 17.0. The Labute approximate surface area is 183 Å². The summed E-state index contributed by atoms with van der Waals surface area (Å²) in [6.07, 6.45) is 2.11. The van der Waals surface area contributed by atoms with Crippen LogP contribution in [0.25, 0.3) is 10.2 Å². The second-order valence-corrected chi connectivity index (χ2v) is 9.97. The van der Waals surface area contributed by atoms with E-state index < -0.39 is 15.7 Å². The van der Waals surface area contributed by atoms with Crippen molar-refractivity contribution in [1.29, 1.82) is 0 Å². The quantitative estimate of drug-likeness (QED) is 0.433. The summed E-state index contributed by atoms with van der Waals surface area (Å²) in [6, 6.07) is 15.7. The molecule has 0 bridgehead atoms. The van der Waals surface area contributed by atoms with Crippen LogP contribution in [-0.2, 0) is 22.9 Å². The summed E-state index contributed by atoms with van der Waals surface area (Å²) in [5.41, 5.74) is 1.84. The fourth-order valence-corrected chi connectivity index (χ4v) is 4.52. The largest absolute Gasteiger partial charge is 0.486 e. The van der Waals surface area contributed by atoms with Crippen LogP contribution < -0.4 is 10.1 Å². The number of carbonyl (C=O) groups excluding carboxylic acids is 1. The average molecular weight is 457 g/mol. The molecular formula is C22H20N2O5S2. The third kappa shape index (κ3) is 4.95. The lowest BCUT2D eigenvalue weighted by Crippen LogP contribution is -2.10. The van der Waals surface area contributed by atoms with Crippen molar-refractivity contribution in [3.63, 3.8) is 0 Å². The van der Waals surface area contributed by atoms with Crippen molar-refractivity contribution in [2.24, 2.45) is 0 Å². The highest BCUT2D eigenvalue weighted by Gasteiger charge is 2.15. The van der Waals surface area contributed by atoms with Gasteiger partial charge in [0.15, 0.2) is 20.7 Å². The number of carbonyl (C=O) groups is 1. The molecule has 0 fully saturated rings. The van der Waals surface area contributed by atoms with E-state index >= 15 is 0 Å². The molecule has 0 aliphatic carbocycles. The molecule has 0 unspecified atom stereocenters. The summed E-state index contributed by atoms with van der Waals surface area (Å²) >= 11 is 1.19. The van der Waals surface area contributed by atoms with E-state index in [2.05, 4.69) is 17.2 Å². The van der Waals surface area contributed by atoms with Gasteiger partial charge in [0.2, 0.25) is 0 Å². The number of fused-ring (bicyclic) bond motifs is 1. The minimum atomic E-state index is -3.31. The van der Waals surface area contributed by atoms with Crippen LogP contribution in [0.2, 0.25) is 0 Å². The van der Waals surface area contributed by atoms with Crippen molar-refractivity contribution >= 4 is 42.4 Å². The Morgan fingerprint density at radius 1 is 1.13 bits per heavy atom. The molecule has 0 spiro atoms. The lowest BCUT2D eigenvalue weighted by molar-refractivity contribution is 0.0992. The van der Waals surface area contributed by atoms with Crippen LogP contribution in [0.15, 0.2) is 63.9 Å². The highest BCUT2D eigenvalue weighted by molar-refractivity contribution is 7.90. The number of anilines is 1. The highest BCUT2D eigenvalue weighted by atomic mass is 32.2. The first-order chi connectivity index (χ1) is 14.8. The van der Waals surface area contributed by atoms with Crippen molar-refractivity contribution < 1.29 is 22.4 Å². The molecule has 1 amide bonds. The molecule has 1 N–H and O–H groups in total. The Kier molecular flexibility index (Phi) is 5.79. The van der Waals surface area contributed by atoms with Crippen molar-refractivity contribution in [3.8, 4) is 5.75 Å². The van der Waals surface area contributed by atoms with Crippen LogP contribution in [-0.4, -0.2) is 25.6 Å². The molecule has 31 heavy (non-hydrogen) atoms. The third-order valence-corrected chi connectivity index (χ3v) is 6.65. The number of nitrogens with one attached hydrogen (secondary N) is 1. The molecule has 0 saturated carbocycles. The number of sulfone groups is 1. The smallest absolute Gasteiger partial charge is 0.293 e. The van der Waals surface area contributed by atoms with Gasteiger partial charge in [-0.1, -0.05) is 30.4 Å². The summed E-state index contributed by atoms with van der Waals surface area (Å²) in [6.45, 7) is 2.29. The number of rotatable bonds is 7. The minimum Gasteiger partial charge on any atom is -0.486 e. The van der Waals surface area contributed by atoms with Gasteiger partial charge in [-0.05, 0) is 54.4 Å². The summed E-state index contributed by atoms with van der Waals surface area (Å²) in [5, 5.41) is 3.05. The van der Waals surface area contributed by atoms with Gasteiger partial charge < -0.3 is 9.15 Å². The van der Waals surface area contributed by atoms with Gasteiger partial charge in [-0.3, -0.25) is 10.1 Å². The second-order valence-electron chi connectivity index (χ2n) is 6.93. The predicted octanol–water partition coefficient (Wildman–Crippen LogP) is 4.69. The fraction of sp³-hybridized carbons (Fsp3) is 0.182. The number of furan rings is 1. The maximum Gasteiger partial charge on any atom is 0.293 e. The first-order valence-electron chi connectivity index (χ1n) is 9.54. The van der Waals surface area contributed by atoms with E-state index in [0.29, 0.717) is 21.1 Å². The van der Waals surface area contributed by atoms with Gasteiger partial charge in [0.05, 0.1) is 15.1 Å². The number of aromatic nitrogens is 1. The van der Waals surface area contributed by atoms with Crippen LogP contribution in [0.5, 0.6) is 5.75 Å². The molecule has 2 aromatic heterocycles. The van der Waals surface area contributed by atoms with Crippen molar-refractivity contribution in [3.05, 3.63) is 71.7 Å². The van der Waals surface area contributed by atoms with Gasteiger partial charge in [-0.25, -0.2) is 13.4 Å². The van der Waals surface area contributed by atoms with Gasteiger partial charge in [0, 0.05) is 6.26 Å².